The normalized spacial score (nSPS) is 18.8. The second-order valence-corrected chi connectivity index (χ2v) is 5.58. The van der Waals surface area contributed by atoms with Gasteiger partial charge >= 0.3 is 0 Å². The van der Waals surface area contributed by atoms with E-state index in [1.807, 2.05) is 24.3 Å². The number of benzene rings is 2. The Labute approximate surface area is 119 Å². The van der Waals surface area contributed by atoms with E-state index in [2.05, 4.69) is 21.2 Å². The summed E-state index contributed by atoms with van der Waals surface area (Å²) in [5.41, 5.74) is 2.82. The number of rotatable bonds is 2. The SMILES string of the molecule is OC(c1ccc(Br)c(F)c1)C1Cc2ccccc2N1. The van der Waals surface area contributed by atoms with Gasteiger partial charge in [0, 0.05) is 5.69 Å². The van der Waals surface area contributed by atoms with E-state index >= 15 is 0 Å². The molecule has 1 aliphatic rings. The minimum Gasteiger partial charge on any atom is -0.386 e. The van der Waals surface area contributed by atoms with Gasteiger partial charge in [-0.05, 0) is 51.7 Å². The summed E-state index contributed by atoms with van der Waals surface area (Å²) in [4.78, 5) is 0. The third-order valence-corrected chi connectivity index (χ3v) is 4.11. The van der Waals surface area contributed by atoms with E-state index in [-0.39, 0.29) is 11.9 Å². The second kappa shape index (κ2) is 4.94. The number of hydrogen-bond donors (Lipinski definition) is 2. The van der Waals surface area contributed by atoms with Crippen LogP contribution in [-0.2, 0) is 6.42 Å². The molecule has 0 spiro atoms. The molecule has 2 aromatic carbocycles. The van der Waals surface area contributed by atoms with Crippen molar-refractivity contribution in [3.63, 3.8) is 0 Å². The molecule has 98 valence electrons. The minimum absolute atomic E-state index is 0.113. The molecule has 0 saturated heterocycles. The number of para-hydroxylation sites is 1. The van der Waals surface area contributed by atoms with Crippen LogP contribution < -0.4 is 5.32 Å². The first-order chi connectivity index (χ1) is 9.15. The lowest BCUT2D eigenvalue weighted by Gasteiger charge is -2.19. The van der Waals surface area contributed by atoms with Crippen LogP contribution in [0.1, 0.15) is 17.2 Å². The van der Waals surface area contributed by atoms with Gasteiger partial charge in [0.15, 0.2) is 0 Å². The van der Waals surface area contributed by atoms with Crippen molar-refractivity contribution >= 4 is 21.6 Å². The summed E-state index contributed by atoms with van der Waals surface area (Å²) in [6.07, 6.45) is 0.0182. The van der Waals surface area contributed by atoms with Crippen LogP contribution in [0.25, 0.3) is 0 Å². The summed E-state index contributed by atoms with van der Waals surface area (Å²) in [6.45, 7) is 0. The zero-order valence-corrected chi connectivity index (χ0v) is 11.7. The standard InChI is InChI=1S/C15H13BrFNO/c16-11-6-5-10(7-12(11)17)15(19)14-8-9-3-1-2-4-13(9)18-14/h1-7,14-15,18-19H,8H2. The zero-order valence-electron chi connectivity index (χ0n) is 10.1. The molecule has 2 atom stereocenters. The van der Waals surface area contributed by atoms with Crippen molar-refractivity contribution in [3.8, 4) is 0 Å². The van der Waals surface area contributed by atoms with E-state index in [1.165, 1.54) is 11.6 Å². The number of aliphatic hydroxyl groups is 1. The van der Waals surface area contributed by atoms with Gasteiger partial charge < -0.3 is 10.4 Å². The average molecular weight is 322 g/mol. The Kier molecular flexibility index (Phi) is 3.29. The van der Waals surface area contributed by atoms with Crippen molar-refractivity contribution < 1.29 is 9.50 Å². The van der Waals surface area contributed by atoms with Crippen molar-refractivity contribution in [1.29, 1.82) is 0 Å². The van der Waals surface area contributed by atoms with E-state index < -0.39 is 6.10 Å². The maximum atomic E-state index is 13.5. The molecule has 0 amide bonds. The van der Waals surface area contributed by atoms with E-state index in [0.717, 1.165) is 12.1 Å². The molecule has 2 aromatic rings. The maximum Gasteiger partial charge on any atom is 0.137 e. The Morgan fingerprint density at radius 2 is 2.05 bits per heavy atom. The van der Waals surface area contributed by atoms with Crippen LogP contribution in [-0.4, -0.2) is 11.1 Å². The van der Waals surface area contributed by atoms with Gasteiger partial charge in [-0.2, -0.15) is 0 Å². The number of aliphatic hydroxyl groups excluding tert-OH is 1. The van der Waals surface area contributed by atoms with E-state index in [4.69, 9.17) is 0 Å². The Balaban J connectivity index is 1.82. The smallest absolute Gasteiger partial charge is 0.137 e. The van der Waals surface area contributed by atoms with Gasteiger partial charge in [0.2, 0.25) is 0 Å². The van der Waals surface area contributed by atoms with Gasteiger partial charge in [0.1, 0.15) is 5.82 Å². The predicted octanol–water partition coefficient (Wildman–Crippen LogP) is 3.66. The monoisotopic (exact) mass is 321 g/mol. The molecular formula is C15H13BrFNO. The lowest BCUT2D eigenvalue weighted by molar-refractivity contribution is 0.156. The molecule has 0 saturated carbocycles. The first kappa shape index (κ1) is 12.6. The molecule has 19 heavy (non-hydrogen) atoms. The Bertz CT molecular complexity index is 592. The van der Waals surface area contributed by atoms with Crippen LogP contribution in [0.2, 0.25) is 0 Å². The highest BCUT2D eigenvalue weighted by atomic mass is 79.9. The fraction of sp³-hybridized carbons (Fsp3) is 0.200. The van der Waals surface area contributed by atoms with Gasteiger partial charge in [-0.15, -0.1) is 0 Å². The van der Waals surface area contributed by atoms with Crippen molar-refractivity contribution in [1.82, 2.24) is 0 Å². The molecule has 0 aliphatic carbocycles. The summed E-state index contributed by atoms with van der Waals surface area (Å²) in [7, 11) is 0. The first-order valence-electron chi connectivity index (χ1n) is 6.12. The number of fused-ring (bicyclic) bond motifs is 1. The van der Waals surface area contributed by atoms with Crippen molar-refractivity contribution in [2.24, 2.45) is 0 Å². The topological polar surface area (TPSA) is 32.3 Å². The second-order valence-electron chi connectivity index (χ2n) is 4.73. The molecule has 0 radical (unpaired) electrons. The molecule has 0 bridgehead atoms. The van der Waals surface area contributed by atoms with Gasteiger partial charge in [-0.1, -0.05) is 24.3 Å². The van der Waals surface area contributed by atoms with Crippen LogP contribution in [0, 0.1) is 5.82 Å². The highest BCUT2D eigenvalue weighted by Crippen LogP contribution is 2.32. The fourth-order valence-corrected chi connectivity index (χ4v) is 2.69. The zero-order chi connectivity index (χ0) is 13.4. The van der Waals surface area contributed by atoms with Crippen LogP contribution >= 0.6 is 15.9 Å². The first-order valence-corrected chi connectivity index (χ1v) is 6.92. The lowest BCUT2D eigenvalue weighted by atomic mass is 9.99. The van der Waals surface area contributed by atoms with Crippen LogP contribution in [0.3, 0.4) is 0 Å². The molecule has 1 heterocycles. The third kappa shape index (κ3) is 2.38. The van der Waals surface area contributed by atoms with E-state index in [9.17, 15) is 9.50 Å². The highest BCUT2D eigenvalue weighted by Gasteiger charge is 2.27. The molecule has 1 aliphatic heterocycles. The van der Waals surface area contributed by atoms with E-state index in [0.29, 0.717) is 10.0 Å². The highest BCUT2D eigenvalue weighted by molar-refractivity contribution is 9.10. The number of hydrogen-bond acceptors (Lipinski definition) is 2. The largest absolute Gasteiger partial charge is 0.386 e. The van der Waals surface area contributed by atoms with Gasteiger partial charge in [0.05, 0.1) is 16.6 Å². The van der Waals surface area contributed by atoms with Crippen LogP contribution in [0.15, 0.2) is 46.9 Å². The lowest BCUT2D eigenvalue weighted by Crippen LogP contribution is -2.24. The Hall–Kier alpha value is -1.39. The fourth-order valence-electron chi connectivity index (χ4n) is 2.45. The van der Waals surface area contributed by atoms with Gasteiger partial charge in [-0.3, -0.25) is 0 Å². The van der Waals surface area contributed by atoms with Crippen molar-refractivity contribution in [3.05, 3.63) is 63.9 Å². The molecule has 0 aromatic heterocycles. The Morgan fingerprint density at radius 1 is 1.26 bits per heavy atom. The number of halogens is 2. The quantitative estimate of drug-likeness (QED) is 0.884. The average Bonchev–Trinajstić information content (AvgIpc) is 2.85. The maximum absolute atomic E-state index is 13.5. The Morgan fingerprint density at radius 3 is 2.79 bits per heavy atom. The number of anilines is 1. The molecule has 4 heteroatoms. The van der Waals surface area contributed by atoms with Crippen LogP contribution in [0.4, 0.5) is 10.1 Å². The van der Waals surface area contributed by atoms with Crippen molar-refractivity contribution in [2.45, 2.75) is 18.6 Å². The molecule has 2 N–H and O–H groups in total. The van der Waals surface area contributed by atoms with Crippen LogP contribution in [0.5, 0.6) is 0 Å². The summed E-state index contributed by atoms with van der Waals surface area (Å²) in [6, 6.07) is 12.6. The predicted molar refractivity (Wildman–Crippen MR) is 76.6 cm³/mol. The number of nitrogens with one attached hydrogen (secondary N) is 1. The van der Waals surface area contributed by atoms with Gasteiger partial charge in [-0.25, -0.2) is 4.39 Å². The third-order valence-electron chi connectivity index (χ3n) is 3.46. The summed E-state index contributed by atoms with van der Waals surface area (Å²) in [5, 5.41) is 13.6. The molecule has 0 fully saturated rings. The minimum atomic E-state index is -0.727. The van der Waals surface area contributed by atoms with Crippen molar-refractivity contribution in [2.75, 3.05) is 5.32 Å². The molecule has 2 unspecified atom stereocenters. The molecule has 2 nitrogen and oxygen atoms in total. The van der Waals surface area contributed by atoms with E-state index in [1.54, 1.807) is 12.1 Å². The summed E-state index contributed by atoms with van der Waals surface area (Å²) >= 11 is 3.11. The molecular weight excluding hydrogens is 309 g/mol. The molecule has 3 rings (SSSR count). The van der Waals surface area contributed by atoms with Gasteiger partial charge in [0.25, 0.3) is 0 Å². The summed E-state index contributed by atoms with van der Waals surface area (Å²) < 4.78 is 13.9. The summed E-state index contributed by atoms with van der Waals surface area (Å²) in [5.74, 6) is -0.355.